The van der Waals surface area contributed by atoms with E-state index in [4.69, 9.17) is 9.47 Å². The molecule has 0 radical (unpaired) electrons. The van der Waals surface area contributed by atoms with Gasteiger partial charge in [0.05, 0.1) is 32.3 Å². The summed E-state index contributed by atoms with van der Waals surface area (Å²) in [5.41, 5.74) is 3.39. The Bertz CT molecular complexity index is 1180. The van der Waals surface area contributed by atoms with Crippen LogP contribution in [-0.2, 0) is 29.2 Å². The Hall–Kier alpha value is -3.65. The molecule has 0 spiro atoms. The Morgan fingerprint density at radius 1 is 1.11 bits per heavy atom. The van der Waals surface area contributed by atoms with E-state index in [1.807, 2.05) is 47.0 Å². The van der Waals surface area contributed by atoms with Crippen LogP contribution in [0.1, 0.15) is 46.3 Å². The molecule has 1 atom stereocenters. The zero-order valence-corrected chi connectivity index (χ0v) is 19.9. The second kappa shape index (κ2) is 10.3. The Balaban J connectivity index is 1.14. The van der Waals surface area contributed by atoms with Crippen molar-refractivity contribution in [2.45, 2.75) is 38.6 Å². The van der Waals surface area contributed by atoms with Gasteiger partial charge in [-0.1, -0.05) is 42.5 Å². The van der Waals surface area contributed by atoms with Gasteiger partial charge in [0.25, 0.3) is 5.91 Å². The number of likely N-dealkylation sites (tertiary alicyclic amines) is 1. The summed E-state index contributed by atoms with van der Waals surface area (Å²) in [4.78, 5) is 32.1. The predicted molar refractivity (Wildman–Crippen MR) is 130 cm³/mol. The van der Waals surface area contributed by atoms with Crippen LogP contribution in [0, 0.1) is 5.92 Å². The molecule has 2 aliphatic heterocycles. The van der Waals surface area contributed by atoms with E-state index < -0.39 is 0 Å². The Morgan fingerprint density at radius 3 is 2.69 bits per heavy atom. The van der Waals surface area contributed by atoms with Crippen LogP contribution in [0.15, 0.2) is 60.9 Å². The Labute approximate surface area is 204 Å². The van der Waals surface area contributed by atoms with Crippen molar-refractivity contribution in [1.29, 1.82) is 0 Å². The fourth-order valence-corrected chi connectivity index (χ4v) is 4.79. The lowest BCUT2D eigenvalue weighted by Crippen LogP contribution is -2.43. The van der Waals surface area contributed by atoms with Crippen molar-refractivity contribution >= 4 is 11.8 Å². The fraction of sp³-hybridized carbons (Fsp3) is 0.370. The van der Waals surface area contributed by atoms with Gasteiger partial charge in [-0.05, 0) is 36.1 Å². The first-order chi connectivity index (χ1) is 17.1. The average Bonchev–Trinajstić information content (AvgIpc) is 3.35. The molecule has 182 valence electrons. The number of carbonyl (C=O) groups is 2. The van der Waals surface area contributed by atoms with Crippen LogP contribution >= 0.6 is 0 Å². The normalized spacial score (nSPS) is 18.1. The lowest BCUT2D eigenvalue weighted by Gasteiger charge is -2.31. The third-order valence-electron chi connectivity index (χ3n) is 6.86. The number of nitrogens with zero attached hydrogens (tertiary/aromatic N) is 3. The minimum absolute atomic E-state index is 0.0274. The van der Waals surface area contributed by atoms with Crippen molar-refractivity contribution in [3.63, 3.8) is 0 Å². The molecule has 1 N–H and O–H groups in total. The van der Waals surface area contributed by atoms with Crippen molar-refractivity contribution in [3.8, 4) is 5.75 Å². The minimum Gasteiger partial charge on any atom is -0.497 e. The number of nitrogens with one attached hydrogen (secondary N) is 1. The SMILES string of the molecule is COc1cccc(CNC(=O)C2CCN(C(=O)c3ncn4c3COC(c3ccccc3)C4)CC2)c1. The van der Waals surface area contributed by atoms with Crippen LogP contribution in [-0.4, -0.2) is 46.5 Å². The van der Waals surface area contributed by atoms with Gasteiger partial charge in [-0.25, -0.2) is 4.98 Å². The molecule has 0 bridgehead atoms. The van der Waals surface area contributed by atoms with E-state index in [2.05, 4.69) is 22.4 Å². The number of hydrogen-bond donors (Lipinski definition) is 1. The van der Waals surface area contributed by atoms with Crippen molar-refractivity contribution < 1.29 is 19.1 Å². The molecule has 0 aliphatic carbocycles. The molecule has 5 rings (SSSR count). The molecule has 8 nitrogen and oxygen atoms in total. The van der Waals surface area contributed by atoms with E-state index in [0.717, 1.165) is 22.6 Å². The number of rotatable bonds is 6. The van der Waals surface area contributed by atoms with E-state index in [-0.39, 0.29) is 23.8 Å². The van der Waals surface area contributed by atoms with Gasteiger partial charge in [0, 0.05) is 25.6 Å². The van der Waals surface area contributed by atoms with Gasteiger partial charge in [-0.3, -0.25) is 9.59 Å². The molecule has 1 saturated heterocycles. The third-order valence-corrected chi connectivity index (χ3v) is 6.86. The third kappa shape index (κ3) is 5.07. The molecule has 1 fully saturated rings. The zero-order valence-electron chi connectivity index (χ0n) is 19.9. The first-order valence-corrected chi connectivity index (χ1v) is 12.0. The molecule has 3 heterocycles. The average molecular weight is 475 g/mol. The molecule has 3 aromatic rings. The number of hydrogen-bond acceptors (Lipinski definition) is 5. The summed E-state index contributed by atoms with van der Waals surface area (Å²) < 4.78 is 13.3. The van der Waals surface area contributed by atoms with Gasteiger partial charge >= 0.3 is 0 Å². The van der Waals surface area contributed by atoms with Crippen LogP contribution in [0.4, 0.5) is 0 Å². The molecular formula is C27H30N4O4. The van der Waals surface area contributed by atoms with Gasteiger partial charge in [-0.2, -0.15) is 0 Å². The molecular weight excluding hydrogens is 444 g/mol. The number of carbonyl (C=O) groups excluding carboxylic acids is 2. The monoisotopic (exact) mass is 474 g/mol. The van der Waals surface area contributed by atoms with Gasteiger partial charge in [0.1, 0.15) is 11.9 Å². The molecule has 8 heteroatoms. The number of methoxy groups -OCH3 is 1. The lowest BCUT2D eigenvalue weighted by molar-refractivity contribution is -0.126. The summed E-state index contributed by atoms with van der Waals surface area (Å²) in [5.74, 6) is 0.608. The van der Waals surface area contributed by atoms with Crippen LogP contribution in [0.3, 0.4) is 0 Å². The molecule has 1 unspecified atom stereocenters. The molecule has 2 aliphatic rings. The van der Waals surface area contributed by atoms with E-state index in [1.165, 1.54) is 0 Å². The van der Waals surface area contributed by atoms with Crippen LogP contribution in [0.5, 0.6) is 5.75 Å². The molecule has 1 aromatic heterocycles. The highest BCUT2D eigenvalue weighted by molar-refractivity contribution is 5.93. The van der Waals surface area contributed by atoms with Crippen molar-refractivity contribution in [2.75, 3.05) is 20.2 Å². The molecule has 0 saturated carbocycles. The molecule has 2 amide bonds. The Kier molecular flexibility index (Phi) is 6.81. The van der Waals surface area contributed by atoms with Crippen molar-refractivity contribution in [2.24, 2.45) is 5.92 Å². The first-order valence-electron chi connectivity index (χ1n) is 12.0. The second-order valence-corrected chi connectivity index (χ2v) is 9.04. The number of aromatic nitrogens is 2. The number of piperidine rings is 1. The summed E-state index contributed by atoms with van der Waals surface area (Å²) in [6.07, 6.45) is 2.96. The van der Waals surface area contributed by atoms with Crippen LogP contribution in [0.25, 0.3) is 0 Å². The van der Waals surface area contributed by atoms with E-state index in [9.17, 15) is 9.59 Å². The van der Waals surface area contributed by atoms with Crippen LogP contribution < -0.4 is 10.1 Å². The number of fused-ring (bicyclic) bond motifs is 1. The number of ether oxygens (including phenoxy) is 2. The van der Waals surface area contributed by atoms with Crippen molar-refractivity contribution in [3.05, 3.63) is 83.4 Å². The number of amides is 2. The predicted octanol–water partition coefficient (Wildman–Crippen LogP) is 3.33. The maximum Gasteiger partial charge on any atom is 0.274 e. The summed E-state index contributed by atoms with van der Waals surface area (Å²) >= 11 is 0. The Morgan fingerprint density at radius 2 is 1.91 bits per heavy atom. The summed E-state index contributed by atoms with van der Waals surface area (Å²) in [6, 6.07) is 17.7. The number of benzene rings is 2. The summed E-state index contributed by atoms with van der Waals surface area (Å²) in [6.45, 7) is 2.52. The zero-order chi connectivity index (χ0) is 24.2. The van der Waals surface area contributed by atoms with Gasteiger partial charge in [0.2, 0.25) is 5.91 Å². The van der Waals surface area contributed by atoms with Crippen LogP contribution in [0.2, 0.25) is 0 Å². The van der Waals surface area contributed by atoms with E-state index in [1.54, 1.807) is 18.3 Å². The highest BCUT2D eigenvalue weighted by Gasteiger charge is 2.32. The van der Waals surface area contributed by atoms with E-state index in [0.29, 0.717) is 51.3 Å². The molecule has 35 heavy (non-hydrogen) atoms. The maximum absolute atomic E-state index is 13.2. The first kappa shape index (κ1) is 23.1. The quantitative estimate of drug-likeness (QED) is 0.592. The standard InChI is InChI=1S/C27H30N4O4/c1-34-22-9-5-6-19(14-22)15-28-26(32)21-10-12-30(13-11-21)27(33)25-23-17-35-24(16-31(23)18-29-25)20-7-3-2-4-8-20/h2-9,14,18,21,24H,10-13,15-17H2,1H3,(H,28,32). The van der Waals surface area contributed by atoms with E-state index >= 15 is 0 Å². The summed E-state index contributed by atoms with van der Waals surface area (Å²) in [7, 11) is 1.63. The smallest absolute Gasteiger partial charge is 0.274 e. The highest BCUT2D eigenvalue weighted by atomic mass is 16.5. The fourth-order valence-electron chi connectivity index (χ4n) is 4.79. The largest absolute Gasteiger partial charge is 0.497 e. The van der Waals surface area contributed by atoms with Crippen molar-refractivity contribution in [1.82, 2.24) is 19.8 Å². The van der Waals surface area contributed by atoms with Gasteiger partial charge in [0.15, 0.2) is 5.69 Å². The van der Waals surface area contributed by atoms with Gasteiger partial charge in [-0.15, -0.1) is 0 Å². The second-order valence-electron chi connectivity index (χ2n) is 9.04. The summed E-state index contributed by atoms with van der Waals surface area (Å²) in [5, 5.41) is 3.02. The minimum atomic E-state index is -0.101. The topological polar surface area (TPSA) is 85.7 Å². The maximum atomic E-state index is 13.2. The lowest BCUT2D eigenvalue weighted by atomic mass is 9.95. The van der Waals surface area contributed by atoms with Gasteiger partial charge < -0.3 is 24.3 Å². The molecule has 2 aromatic carbocycles. The number of imidazole rings is 1. The highest BCUT2D eigenvalue weighted by Crippen LogP contribution is 2.29.